The normalized spacial score (nSPS) is 11.1. The number of nitrogens with zero attached hydrogens (tertiary/aromatic N) is 2. The van der Waals surface area contributed by atoms with Crippen molar-refractivity contribution in [2.24, 2.45) is 0 Å². The minimum absolute atomic E-state index is 1.03. The molecule has 2 nitrogen and oxygen atoms in total. The molecule has 0 amide bonds. The Hall–Kier alpha value is -1.61. The summed E-state index contributed by atoms with van der Waals surface area (Å²) in [5, 5.41) is 2.09. The maximum atomic E-state index is 4.69. The quantitative estimate of drug-likeness (QED) is 0.621. The molecule has 0 N–H and O–H groups in total. The number of fused-ring (bicyclic) bond motifs is 1. The summed E-state index contributed by atoms with van der Waals surface area (Å²) >= 11 is 1.74. The van der Waals surface area contributed by atoms with Gasteiger partial charge in [-0.2, -0.15) is 0 Å². The van der Waals surface area contributed by atoms with Crippen LogP contribution in [0.5, 0.6) is 0 Å². The van der Waals surface area contributed by atoms with Crippen LogP contribution >= 0.6 is 11.3 Å². The highest BCUT2D eigenvalue weighted by atomic mass is 32.1. The number of thiophene rings is 1. The fourth-order valence-electron chi connectivity index (χ4n) is 2.07. The molecular formula is C13H12N2S. The number of imidazole rings is 1. The van der Waals surface area contributed by atoms with Crippen LogP contribution in [-0.4, -0.2) is 9.38 Å². The smallest absolute Gasteiger partial charge is 0.137 e. The first-order valence-corrected chi connectivity index (χ1v) is 6.14. The van der Waals surface area contributed by atoms with E-state index in [2.05, 4.69) is 58.9 Å². The molecule has 0 aliphatic carbocycles. The van der Waals surface area contributed by atoms with Crippen LogP contribution in [0.15, 0.2) is 35.7 Å². The van der Waals surface area contributed by atoms with Gasteiger partial charge in [0.2, 0.25) is 0 Å². The van der Waals surface area contributed by atoms with E-state index in [0.29, 0.717) is 0 Å². The largest absolute Gasteiger partial charge is 0.301 e. The van der Waals surface area contributed by atoms with Crippen molar-refractivity contribution in [3.05, 3.63) is 47.1 Å². The van der Waals surface area contributed by atoms with Gasteiger partial charge in [0.25, 0.3) is 0 Å². The lowest BCUT2D eigenvalue weighted by molar-refractivity contribution is 1.04. The van der Waals surface area contributed by atoms with Crippen molar-refractivity contribution in [2.75, 3.05) is 0 Å². The second-order valence-corrected chi connectivity index (χ2v) is 4.83. The molecular weight excluding hydrogens is 216 g/mol. The molecule has 0 fully saturated rings. The van der Waals surface area contributed by atoms with E-state index in [1.807, 2.05) is 0 Å². The zero-order valence-corrected chi connectivity index (χ0v) is 10.1. The summed E-state index contributed by atoms with van der Waals surface area (Å²) in [5.41, 5.74) is 4.58. The summed E-state index contributed by atoms with van der Waals surface area (Å²) in [7, 11) is 0. The summed E-state index contributed by atoms with van der Waals surface area (Å²) in [5.74, 6) is 0. The molecule has 16 heavy (non-hydrogen) atoms. The Labute approximate surface area is 98.2 Å². The van der Waals surface area contributed by atoms with E-state index in [0.717, 1.165) is 11.3 Å². The Bertz CT molecular complexity index is 635. The van der Waals surface area contributed by atoms with Crippen molar-refractivity contribution in [2.45, 2.75) is 13.8 Å². The summed E-state index contributed by atoms with van der Waals surface area (Å²) in [6.07, 6.45) is 0. The SMILES string of the molecule is Cc1cccc2nc(-c3cccs3)c(C)n12. The van der Waals surface area contributed by atoms with Gasteiger partial charge in [-0.05, 0) is 37.4 Å². The number of pyridine rings is 1. The fourth-order valence-corrected chi connectivity index (χ4v) is 2.84. The summed E-state index contributed by atoms with van der Waals surface area (Å²) in [6.45, 7) is 4.24. The highest BCUT2D eigenvalue weighted by Gasteiger charge is 2.11. The Morgan fingerprint density at radius 3 is 2.69 bits per heavy atom. The minimum atomic E-state index is 1.03. The van der Waals surface area contributed by atoms with E-state index in [1.54, 1.807) is 11.3 Å². The molecule has 0 aliphatic rings. The standard InChI is InChI=1S/C13H12N2S/c1-9-5-3-7-12-14-13(10(2)15(9)12)11-6-4-8-16-11/h3-8H,1-2H3. The van der Waals surface area contributed by atoms with Gasteiger partial charge < -0.3 is 4.40 Å². The fraction of sp³-hybridized carbons (Fsp3) is 0.154. The molecule has 3 aromatic heterocycles. The number of hydrogen-bond donors (Lipinski definition) is 0. The Morgan fingerprint density at radius 2 is 2.00 bits per heavy atom. The van der Waals surface area contributed by atoms with Gasteiger partial charge in [-0.25, -0.2) is 4.98 Å². The van der Waals surface area contributed by atoms with Crippen LogP contribution in [0.3, 0.4) is 0 Å². The Balaban J connectivity index is 2.36. The maximum Gasteiger partial charge on any atom is 0.137 e. The van der Waals surface area contributed by atoms with E-state index in [-0.39, 0.29) is 0 Å². The molecule has 0 radical (unpaired) electrons. The third-order valence-corrected chi connectivity index (χ3v) is 3.70. The molecule has 3 heterocycles. The molecule has 0 saturated carbocycles. The average Bonchev–Trinajstić information content (AvgIpc) is 2.86. The number of aromatic nitrogens is 2. The lowest BCUT2D eigenvalue weighted by atomic mass is 10.3. The van der Waals surface area contributed by atoms with E-state index in [4.69, 9.17) is 0 Å². The van der Waals surface area contributed by atoms with Crippen LogP contribution in [0.2, 0.25) is 0 Å². The van der Waals surface area contributed by atoms with E-state index in [1.165, 1.54) is 16.3 Å². The van der Waals surface area contributed by atoms with Crippen molar-refractivity contribution >= 4 is 17.0 Å². The van der Waals surface area contributed by atoms with Crippen LogP contribution in [0, 0.1) is 13.8 Å². The van der Waals surface area contributed by atoms with E-state index < -0.39 is 0 Å². The van der Waals surface area contributed by atoms with Gasteiger partial charge in [0, 0.05) is 11.4 Å². The maximum absolute atomic E-state index is 4.69. The summed E-state index contributed by atoms with van der Waals surface area (Å²) < 4.78 is 2.20. The van der Waals surface area contributed by atoms with Crippen molar-refractivity contribution < 1.29 is 0 Å². The van der Waals surface area contributed by atoms with Crippen molar-refractivity contribution in [3.63, 3.8) is 0 Å². The first-order chi connectivity index (χ1) is 7.77. The van der Waals surface area contributed by atoms with Crippen LogP contribution in [0.25, 0.3) is 16.2 Å². The van der Waals surface area contributed by atoms with Crippen LogP contribution < -0.4 is 0 Å². The lowest BCUT2D eigenvalue weighted by Gasteiger charge is -2.00. The van der Waals surface area contributed by atoms with Gasteiger partial charge in [-0.1, -0.05) is 12.1 Å². The lowest BCUT2D eigenvalue weighted by Crippen LogP contribution is -1.92. The second-order valence-electron chi connectivity index (χ2n) is 3.88. The van der Waals surface area contributed by atoms with Gasteiger partial charge in [0.05, 0.1) is 4.88 Å². The van der Waals surface area contributed by atoms with Crippen LogP contribution in [-0.2, 0) is 0 Å². The van der Waals surface area contributed by atoms with Gasteiger partial charge in [0.15, 0.2) is 0 Å². The first-order valence-electron chi connectivity index (χ1n) is 5.26. The molecule has 80 valence electrons. The van der Waals surface area contributed by atoms with Crippen molar-refractivity contribution in [3.8, 4) is 10.6 Å². The molecule has 0 spiro atoms. The molecule has 0 aromatic carbocycles. The zero-order chi connectivity index (χ0) is 11.1. The second kappa shape index (κ2) is 3.46. The Morgan fingerprint density at radius 1 is 1.12 bits per heavy atom. The van der Waals surface area contributed by atoms with Crippen LogP contribution in [0.1, 0.15) is 11.4 Å². The molecule has 0 aliphatic heterocycles. The van der Waals surface area contributed by atoms with Gasteiger partial charge >= 0.3 is 0 Å². The molecule has 3 aromatic rings. The highest BCUT2D eigenvalue weighted by Crippen LogP contribution is 2.28. The summed E-state index contributed by atoms with van der Waals surface area (Å²) in [6, 6.07) is 10.4. The predicted octanol–water partition coefficient (Wildman–Crippen LogP) is 3.68. The number of rotatable bonds is 1. The molecule has 3 heteroatoms. The van der Waals surface area contributed by atoms with Crippen molar-refractivity contribution in [1.29, 1.82) is 0 Å². The van der Waals surface area contributed by atoms with Gasteiger partial charge in [-0.15, -0.1) is 11.3 Å². The first kappa shape index (κ1) is 9.60. The molecule has 0 bridgehead atoms. The molecule has 3 rings (SSSR count). The summed E-state index contributed by atoms with van der Waals surface area (Å²) in [4.78, 5) is 5.93. The third kappa shape index (κ3) is 1.28. The van der Waals surface area contributed by atoms with Gasteiger partial charge in [-0.3, -0.25) is 0 Å². The number of aryl methyl sites for hydroxylation is 2. The molecule has 0 saturated heterocycles. The third-order valence-electron chi connectivity index (χ3n) is 2.82. The van der Waals surface area contributed by atoms with E-state index >= 15 is 0 Å². The minimum Gasteiger partial charge on any atom is -0.301 e. The topological polar surface area (TPSA) is 17.3 Å². The average molecular weight is 228 g/mol. The molecule has 0 unspecified atom stereocenters. The molecule has 0 atom stereocenters. The number of hydrogen-bond acceptors (Lipinski definition) is 2. The monoisotopic (exact) mass is 228 g/mol. The Kier molecular flexibility index (Phi) is 2.07. The van der Waals surface area contributed by atoms with E-state index in [9.17, 15) is 0 Å². The highest BCUT2D eigenvalue weighted by molar-refractivity contribution is 7.13. The van der Waals surface area contributed by atoms with Crippen molar-refractivity contribution in [1.82, 2.24) is 9.38 Å². The van der Waals surface area contributed by atoms with Gasteiger partial charge in [0.1, 0.15) is 11.3 Å². The van der Waals surface area contributed by atoms with Crippen LogP contribution in [0.4, 0.5) is 0 Å². The predicted molar refractivity (Wildman–Crippen MR) is 68.0 cm³/mol. The zero-order valence-electron chi connectivity index (χ0n) is 9.27.